The quantitative estimate of drug-likeness (QED) is 0.793. The third-order valence-electron chi connectivity index (χ3n) is 3.44. The lowest BCUT2D eigenvalue weighted by Gasteiger charge is -2.28. The van der Waals surface area contributed by atoms with Crippen LogP contribution in [0, 0.1) is 0 Å². The Kier molecular flexibility index (Phi) is 2.83. The van der Waals surface area contributed by atoms with Gasteiger partial charge in [-0.2, -0.15) is 0 Å². The van der Waals surface area contributed by atoms with Crippen molar-refractivity contribution in [1.82, 2.24) is 4.90 Å². The van der Waals surface area contributed by atoms with E-state index in [0.29, 0.717) is 16.3 Å². The molecule has 4 nitrogen and oxygen atoms in total. The van der Waals surface area contributed by atoms with Gasteiger partial charge >= 0.3 is 0 Å². The van der Waals surface area contributed by atoms with Crippen LogP contribution in [0.25, 0.3) is 0 Å². The SMILES string of the molecule is CN1C(=O)C(c2ccc(Cl)cc2)=NC12C=CC(=O)C=C2. The fraction of sp³-hybridized carbons (Fsp3) is 0.133. The number of hydrogen-bond donors (Lipinski definition) is 0. The van der Waals surface area contributed by atoms with E-state index in [2.05, 4.69) is 4.99 Å². The molecule has 1 aliphatic carbocycles. The molecule has 2 aliphatic rings. The van der Waals surface area contributed by atoms with Gasteiger partial charge < -0.3 is 4.90 Å². The molecule has 0 saturated heterocycles. The molecule has 5 heteroatoms. The molecular weight excluding hydrogens is 276 g/mol. The number of allylic oxidation sites excluding steroid dienone is 2. The topological polar surface area (TPSA) is 49.7 Å². The lowest BCUT2D eigenvalue weighted by atomic mass is 10.0. The summed E-state index contributed by atoms with van der Waals surface area (Å²) in [5, 5.41) is 0.603. The van der Waals surface area contributed by atoms with Gasteiger partial charge in [0, 0.05) is 17.6 Å². The standard InChI is InChI=1S/C15H11ClN2O2/c1-18-14(20)13(10-2-4-11(16)5-3-10)17-15(18)8-6-12(19)7-9-15/h2-9H,1H3. The maximum absolute atomic E-state index is 12.4. The Morgan fingerprint density at radius 1 is 1.10 bits per heavy atom. The van der Waals surface area contributed by atoms with E-state index in [1.165, 1.54) is 17.1 Å². The molecule has 0 saturated carbocycles. The number of aliphatic imine (C=N–C) groups is 1. The zero-order chi connectivity index (χ0) is 14.3. The van der Waals surface area contributed by atoms with E-state index in [9.17, 15) is 9.59 Å². The Morgan fingerprint density at radius 3 is 2.30 bits per heavy atom. The normalized spacial score (nSPS) is 19.9. The average molecular weight is 287 g/mol. The van der Waals surface area contributed by atoms with E-state index in [1.54, 1.807) is 43.5 Å². The number of halogens is 1. The lowest BCUT2D eigenvalue weighted by Crippen LogP contribution is -2.42. The molecular formula is C15H11ClN2O2. The largest absolute Gasteiger partial charge is 0.309 e. The minimum absolute atomic E-state index is 0.105. The predicted molar refractivity (Wildman–Crippen MR) is 76.8 cm³/mol. The van der Waals surface area contributed by atoms with Crippen LogP contribution < -0.4 is 0 Å². The summed E-state index contributed by atoms with van der Waals surface area (Å²) in [5.74, 6) is -0.289. The van der Waals surface area contributed by atoms with Crippen LogP contribution in [0.15, 0.2) is 53.6 Å². The zero-order valence-corrected chi connectivity index (χ0v) is 11.5. The molecule has 1 aromatic carbocycles. The first-order valence-corrected chi connectivity index (χ1v) is 6.46. The summed E-state index contributed by atoms with van der Waals surface area (Å²) in [6.45, 7) is 0. The maximum atomic E-state index is 12.4. The molecule has 1 heterocycles. The van der Waals surface area contributed by atoms with Crippen molar-refractivity contribution >= 4 is 29.0 Å². The lowest BCUT2D eigenvalue weighted by molar-refractivity contribution is -0.124. The predicted octanol–water partition coefficient (Wildman–Crippen LogP) is 1.99. The highest BCUT2D eigenvalue weighted by Gasteiger charge is 2.42. The number of nitrogens with zero attached hydrogens (tertiary/aromatic N) is 2. The molecule has 1 aliphatic heterocycles. The van der Waals surface area contributed by atoms with Crippen LogP contribution in [0.5, 0.6) is 0 Å². The van der Waals surface area contributed by atoms with Crippen LogP contribution in [-0.2, 0) is 9.59 Å². The van der Waals surface area contributed by atoms with E-state index in [-0.39, 0.29) is 11.7 Å². The number of amides is 1. The van der Waals surface area contributed by atoms with Gasteiger partial charge in [-0.1, -0.05) is 23.7 Å². The van der Waals surface area contributed by atoms with Gasteiger partial charge in [-0.3, -0.25) is 9.59 Å². The van der Waals surface area contributed by atoms with Crippen LogP contribution in [0.3, 0.4) is 0 Å². The number of carbonyl (C=O) groups is 2. The van der Waals surface area contributed by atoms with Gasteiger partial charge in [0.15, 0.2) is 11.4 Å². The Morgan fingerprint density at radius 2 is 1.70 bits per heavy atom. The molecule has 1 amide bonds. The molecule has 0 fully saturated rings. The Labute approximate surface area is 121 Å². The number of likely N-dealkylation sites (N-methyl/N-ethyl adjacent to an activating group) is 1. The van der Waals surface area contributed by atoms with Crippen LogP contribution in [0.4, 0.5) is 0 Å². The second-order valence-electron chi connectivity index (χ2n) is 4.68. The summed E-state index contributed by atoms with van der Waals surface area (Å²) >= 11 is 5.85. The minimum Gasteiger partial charge on any atom is -0.309 e. The molecule has 0 aromatic heterocycles. The molecule has 0 atom stereocenters. The summed E-state index contributed by atoms with van der Waals surface area (Å²) in [7, 11) is 1.67. The monoisotopic (exact) mass is 286 g/mol. The van der Waals surface area contributed by atoms with Crippen molar-refractivity contribution in [3.8, 4) is 0 Å². The van der Waals surface area contributed by atoms with E-state index in [1.807, 2.05) is 0 Å². The molecule has 3 rings (SSSR count). The van der Waals surface area contributed by atoms with Crippen molar-refractivity contribution in [2.24, 2.45) is 4.99 Å². The van der Waals surface area contributed by atoms with Gasteiger partial charge in [0.2, 0.25) is 0 Å². The third kappa shape index (κ3) is 1.89. The second-order valence-corrected chi connectivity index (χ2v) is 5.12. The van der Waals surface area contributed by atoms with Crippen molar-refractivity contribution in [3.05, 3.63) is 59.2 Å². The zero-order valence-electron chi connectivity index (χ0n) is 10.7. The van der Waals surface area contributed by atoms with Gasteiger partial charge in [-0.05, 0) is 36.4 Å². The van der Waals surface area contributed by atoms with Crippen molar-refractivity contribution in [3.63, 3.8) is 0 Å². The first-order chi connectivity index (χ1) is 9.52. The van der Waals surface area contributed by atoms with Crippen molar-refractivity contribution in [2.75, 3.05) is 7.05 Å². The van der Waals surface area contributed by atoms with Gasteiger partial charge in [0.05, 0.1) is 0 Å². The number of rotatable bonds is 1. The van der Waals surface area contributed by atoms with Gasteiger partial charge in [-0.15, -0.1) is 0 Å². The number of ketones is 1. The fourth-order valence-corrected chi connectivity index (χ4v) is 2.36. The van der Waals surface area contributed by atoms with Crippen LogP contribution in [0.1, 0.15) is 5.56 Å². The first-order valence-electron chi connectivity index (χ1n) is 6.08. The van der Waals surface area contributed by atoms with E-state index in [4.69, 9.17) is 11.6 Å². The van der Waals surface area contributed by atoms with E-state index < -0.39 is 5.66 Å². The van der Waals surface area contributed by atoms with Crippen molar-refractivity contribution < 1.29 is 9.59 Å². The summed E-state index contributed by atoms with van der Waals surface area (Å²) in [6.07, 6.45) is 6.13. The molecule has 0 bridgehead atoms. The number of benzene rings is 1. The van der Waals surface area contributed by atoms with E-state index >= 15 is 0 Å². The second kappa shape index (κ2) is 4.42. The highest BCUT2D eigenvalue weighted by molar-refractivity contribution is 6.47. The molecule has 0 N–H and O–H groups in total. The Bertz CT molecular complexity index is 670. The smallest absolute Gasteiger partial charge is 0.274 e. The molecule has 1 aromatic rings. The molecule has 0 unspecified atom stereocenters. The maximum Gasteiger partial charge on any atom is 0.274 e. The summed E-state index contributed by atoms with van der Waals surface area (Å²) < 4.78 is 0. The van der Waals surface area contributed by atoms with Gasteiger partial charge in [0.1, 0.15) is 5.71 Å². The van der Waals surface area contributed by atoms with Crippen LogP contribution in [-0.4, -0.2) is 35.0 Å². The summed E-state index contributed by atoms with van der Waals surface area (Å²) in [5.41, 5.74) is 0.189. The minimum atomic E-state index is -0.889. The van der Waals surface area contributed by atoms with Crippen LogP contribution >= 0.6 is 11.6 Å². The third-order valence-corrected chi connectivity index (χ3v) is 3.69. The summed E-state index contributed by atoms with van der Waals surface area (Å²) in [6, 6.07) is 6.95. The van der Waals surface area contributed by atoms with Gasteiger partial charge in [-0.25, -0.2) is 4.99 Å². The highest BCUT2D eigenvalue weighted by Crippen LogP contribution is 2.30. The Balaban J connectivity index is 2.06. The fourth-order valence-electron chi connectivity index (χ4n) is 2.24. The first kappa shape index (κ1) is 12.8. The highest BCUT2D eigenvalue weighted by atomic mass is 35.5. The summed E-state index contributed by atoms with van der Waals surface area (Å²) in [4.78, 5) is 29.6. The van der Waals surface area contributed by atoms with Crippen molar-refractivity contribution in [1.29, 1.82) is 0 Å². The molecule has 1 spiro atoms. The molecule has 20 heavy (non-hydrogen) atoms. The van der Waals surface area contributed by atoms with Crippen molar-refractivity contribution in [2.45, 2.75) is 5.66 Å². The van der Waals surface area contributed by atoms with Gasteiger partial charge in [0.25, 0.3) is 5.91 Å². The van der Waals surface area contributed by atoms with E-state index in [0.717, 1.165) is 0 Å². The number of hydrogen-bond acceptors (Lipinski definition) is 3. The molecule has 0 radical (unpaired) electrons. The number of carbonyl (C=O) groups excluding carboxylic acids is 2. The average Bonchev–Trinajstić information content (AvgIpc) is 2.69. The molecule has 100 valence electrons. The van der Waals surface area contributed by atoms with Crippen LogP contribution in [0.2, 0.25) is 5.02 Å². The Hall–Kier alpha value is -2.20.